The quantitative estimate of drug-likeness (QED) is 0.348. The molecule has 5 nitrogen and oxygen atoms in total. The van der Waals surface area contributed by atoms with Crippen molar-refractivity contribution in [1.82, 2.24) is 9.96 Å². The van der Waals surface area contributed by atoms with Gasteiger partial charge in [0.1, 0.15) is 0 Å². The van der Waals surface area contributed by atoms with Gasteiger partial charge in [0.25, 0.3) is 0 Å². The van der Waals surface area contributed by atoms with Gasteiger partial charge in [0, 0.05) is 11.4 Å². The van der Waals surface area contributed by atoms with Crippen LogP contribution in [-0.2, 0) is 4.12 Å². The van der Waals surface area contributed by atoms with Crippen molar-refractivity contribution in [2.24, 2.45) is 9.32 Å². The summed E-state index contributed by atoms with van der Waals surface area (Å²) in [5.74, 6) is 0. The normalized spacial score (nSPS) is 16.0. The van der Waals surface area contributed by atoms with Crippen molar-refractivity contribution in [2.75, 3.05) is 0 Å². The van der Waals surface area contributed by atoms with Crippen LogP contribution in [0.15, 0.2) is 143 Å². The van der Waals surface area contributed by atoms with Gasteiger partial charge in [0.2, 0.25) is 0 Å². The van der Waals surface area contributed by atoms with E-state index in [2.05, 4.69) is 70.6 Å². The van der Waals surface area contributed by atoms with Gasteiger partial charge in [0.05, 0.1) is 11.4 Å². The molecule has 2 N–H and O–H groups in total. The molecular formula is C30H24N4OSi2. The van der Waals surface area contributed by atoms with Crippen LogP contribution in [0.1, 0.15) is 22.3 Å². The molecular weight excluding hydrogens is 489 g/mol. The van der Waals surface area contributed by atoms with Crippen molar-refractivity contribution >= 4 is 41.5 Å². The maximum atomic E-state index is 6.66. The molecule has 0 aliphatic carbocycles. The SMILES string of the molecule is C1=C(c2ccccc2)N[Si](O[Si]2N=C(c3ccccc3)C=C(c3ccccc3)N2)N=C1c1ccccc1. The van der Waals surface area contributed by atoms with Crippen molar-refractivity contribution in [1.29, 1.82) is 0 Å². The monoisotopic (exact) mass is 512 g/mol. The van der Waals surface area contributed by atoms with Gasteiger partial charge in [-0.3, -0.25) is 9.32 Å². The highest BCUT2D eigenvalue weighted by Gasteiger charge is 2.31. The molecule has 4 aromatic carbocycles. The van der Waals surface area contributed by atoms with Crippen LogP contribution in [0.4, 0.5) is 0 Å². The first kappa shape index (κ1) is 23.1. The van der Waals surface area contributed by atoms with Crippen molar-refractivity contribution in [3.05, 3.63) is 156 Å². The van der Waals surface area contributed by atoms with E-state index in [1.54, 1.807) is 0 Å². The number of hydrogen-bond donors (Lipinski definition) is 2. The summed E-state index contributed by atoms with van der Waals surface area (Å²) in [6.07, 6.45) is 4.20. The Morgan fingerprint density at radius 1 is 0.432 bits per heavy atom. The fourth-order valence-corrected chi connectivity index (χ4v) is 7.50. The summed E-state index contributed by atoms with van der Waals surface area (Å²) >= 11 is 0. The summed E-state index contributed by atoms with van der Waals surface area (Å²) in [5, 5.41) is 0. The van der Waals surface area contributed by atoms with Crippen LogP contribution < -0.4 is 9.96 Å². The number of rotatable bonds is 6. The zero-order valence-corrected chi connectivity index (χ0v) is 22.0. The molecule has 2 aliphatic heterocycles. The lowest BCUT2D eigenvalue weighted by atomic mass is 10.1. The maximum Gasteiger partial charge on any atom is 0.490 e. The lowest BCUT2D eigenvalue weighted by Crippen LogP contribution is -2.48. The van der Waals surface area contributed by atoms with Gasteiger partial charge in [0.15, 0.2) is 0 Å². The highest BCUT2D eigenvalue weighted by Crippen LogP contribution is 2.21. The molecule has 2 heterocycles. The lowest BCUT2D eigenvalue weighted by molar-refractivity contribution is 0.563. The Morgan fingerprint density at radius 2 is 0.757 bits per heavy atom. The van der Waals surface area contributed by atoms with Gasteiger partial charge in [-0.25, -0.2) is 0 Å². The number of nitrogens with zero attached hydrogens (tertiary/aromatic N) is 2. The predicted molar refractivity (Wildman–Crippen MR) is 154 cm³/mol. The van der Waals surface area contributed by atoms with Crippen LogP contribution in [0.3, 0.4) is 0 Å². The summed E-state index contributed by atoms with van der Waals surface area (Å²) < 4.78 is 16.7. The molecule has 0 fully saturated rings. The number of allylic oxidation sites excluding steroid dienone is 2. The molecule has 2 aliphatic rings. The molecule has 4 aromatic rings. The van der Waals surface area contributed by atoms with Crippen molar-refractivity contribution in [3.63, 3.8) is 0 Å². The fourth-order valence-electron chi connectivity index (χ4n) is 4.16. The Kier molecular flexibility index (Phi) is 6.72. The van der Waals surface area contributed by atoms with Crippen molar-refractivity contribution in [3.8, 4) is 0 Å². The van der Waals surface area contributed by atoms with E-state index in [0.717, 1.165) is 45.1 Å². The van der Waals surface area contributed by atoms with Crippen LogP contribution in [0.5, 0.6) is 0 Å². The first-order chi connectivity index (χ1) is 18.3. The highest BCUT2D eigenvalue weighted by molar-refractivity contribution is 6.66. The minimum absolute atomic E-state index is 0.914. The third kappa shape index (κ3) is 5.44. The molecule has 2 radical (unpaired) electrons. The van der Waals surface area contributed by atoms with Gasteiger partial charge >= 0.3 is 18.7 Å². The molecule has 7 heteroatoms. The molecule has 0 bridgehead atoms. The van der Waals surface area contributed by atoms with Crippen molar-refractivity contribution < 1.29 is 4.12 Å². The largest absolute Gasteiger partial charge is 0.490 e. The molecule has 0 atom stereocenters. The van der Waals surface area contributed by atoms with E-state index in [1.165, 1.54) is 0 Å². The Labute approximate surface area is 220 Å². The minimum atomic E-state index is -1.83. The topological polar surface area (TPSA) is 58.0 Å². The first-order valence-corrected chi connectivity index (χ1v) is 14.8. The van der Waals surface area contributed by atoms with Gasteiger partial charge in [-0.2, -0.15) is 0 Å². The molecule has 0 saturated heterocycles. The Balaban J connectivity index is 1.33. The Hall–Kier alpha value is -4.31. The Morgan fingerprint density at radius 3 is 1.11 bits per heavy atom. The Bertz CT molecular complexity index is 1370. The number of benzene rings is 4. The van der Waals surface area contributed by atoms with Gasteiger partial charge in [-0.05, 0) is 34.4 Å². The smallest absolute Gasteiger partial charge is 0.386 e. The van der Waals surface area contributed by atoms with Crippen LogP contribution >= 0.6 is 0 Å². The standard InChI is InChI=1S/C30H24N4OSi2/c1-5-13-23(14-6-1)27-21-28(24-15-7-2-8-16-24)32-36(31-27)35-37-33-29(25-17-9-3-10-18-25)22-30(34-37)26-19-11-4-12-20-26/h1-22,31,33H. The van der Waals surface area contributed by atoms with E-state index < -0.39 is 18.7 Å². The van der Waals surface area contributed by atoms with Gasteiger partial charge in [-0.1, -0.05) is 121 Å². The number of nitrogens with one attached hydrogen (secondary N) is 2. The second-order valence-electron chi connectivity index (χ2n) is 8.54. The molecule has 0 amide bonds. The highest BCUT2D eigenvalue weighted by atomic mass is 28.4. The average Bonchev–Trinajstić information content (AvgIpc) is 2.99. The summed E-state index contributed by atoms with van der Waals surface area (Å²) in [6, 6.07) is 41.1. The van der Waals surface area contributed by atoms with Gasteiger partial charge < -0.3 is 14.1 Å². The molecule has 0 spiro atoms. The lowest BCUT2D eigenvalue weighted by Gasteiger charge is -2.26. The zero-order chi connectivity index (χ0) is 24.9. The second kappa shape index (κ2) is 10.8. The van der Waals surface area contributed by atoms with Gasteiger partial charge in [-0.15, -0.1) is 0 Å². The number of hydrogen-bond acceptors (Lipinski definition) is 5. The molecule has 178 valence electrons. The minimum Gasteiger partial charge on any atom is -0.386 e. The predicted octanol–water partition coefficient (Wildman–Crippen LogP) is 5.24. The summed E-state index contributed by atoms with van der Waals surface area (Å²) in [5.41, 5.74) is 8.17. The maximum absolute atomic E-state index is 6.66. The molecule has 37 heavy (non-hydrogen) atoms. The van der Waals surface area contributed by atoms with Crippen LogP contribution in [0.2, 0.25) is 0 Å². The zero-order valence-electron chi connectivity index (χ0n) is 20.0. The first-order valence-electron chi connectivity index (χ1n) is 12.1. The molecule has 0 unspecified atom stereocenters. The third-order valence-corrected chi connectivity index (χ3v) is 9.39. The van der Waals surface area contributed by atoms with Crippen LogP contribution in [-0.4, -0.2) is 30.2 Å². The summed E-state index contributed by atoms with van der Waals surface area (Å²) in [4.78, 5) is 7.15. The van der Waals surface area contributed by atoms with E-state index in [9.17, 15) is 0 Å². The van der Waals surface area contributed by atoms with E-state index >= 15 is 0 Å². The van der Waals surface area contributed by atoms with Crippen LogP contribution in [0, 0.1) is 0 Å². The van der Waals surface area contributed by atoms with E-state index in [4.69, 9.17) is 13.4 Å². The molecule has 0 saturated carbocycles. The average molecular weight is 513 g/mol. The third-order valence-electron chi connectivity index (χ3n) is 5.99. The summed E-state index contributed by atoms with van der Waals surface area (Å²) in [6.45, 7) is 0. The summed E-state index contributed by atoms with van der Waals surface area (Å²) in [7, 11) is -3.66. The van der Waals surface area contributed by atoms with E-state index in [0.29, 0.717) is 0 Å². The molecule has 6 rings (SSSR count). The van der Waals surface area contributed by atoms with E-state index in [-0.39, 0.29) is 0 Å². The van der Waals surface area contributed by atoms with Crippen molar-refractivity contribution in [2.45, 2.75) is 0 Å². The van der Waals surface area contributed by atoms with E-state index in [1.807, 2.05) is 72.8 Å². The molecule has 0 aromatic heterocycles. The second-order valence-corrected chi connectivity index (χ2v) is 11.5. The fraction of sp³-hybridized carbons (Fsp3) is 0. The van der Waals surface area contributed by atoms with Crippen LogP contribution in [0.25, 0.3) is 11.4 Å².